The largest absolute Gasteiger partial charge is 0.416 e. The fourth-order valence-electron chi connectivity index (χ4n) is 5.62. The topological polar surface area (TPSA) is 73.3 Å². The fourth-order valence-corrected chi connectivity index (χ4v) is 5.62. The first-order valence-electron chi connectivity index (χ1n) is 12.6. The number of rotatable bonds is 5. The molecule has 5 rings (SSSR count). The van der Waals surface area contributed by atoms with Gasteiger partial charge in [0.25, 0.3) is 5.56 Å². The van der Waals surface area contributed by atoms with Crippen LogP contribution in [0, 0.1) is 0 Å². The number of benzene rings is 2. The first kappa shape index (κ1) is 25.5. The highest BCUT2D eigenvalue weighted by atomic mass is 19.4. The van der Waals surface area contributed by atoms with Crippen LogP contribution in [0.5, 0.6) is 0 Å². The second-order valence-corrected chi connectivity index (χ2v) is 9.73. The van der Waals surface area contributed by atoms with Crippen molar-refractivity contribution in [1.29, 1.82) is 0 Å². The number of hydrogen-bond acceptors (Lipinski definition) is 4. The molecule has 9 heteroatoms. The second kappa shape index (κ2) is 10.7. The van der Waals surface area contributed by atoms with E-state index in [0.717, 1.165) is 37.8 Å². The molecule has 1 N–H and O–H groups in total. The first-order chi connectivity index (χ1) is 17.8. The summed E-state index contributed by atoms with van der Waals surface area (Å²) < 4.78 is 52.9. The normalized spacial score (nSPS) is 22.6. The smallest absolute Gasteiger partial charge is 0.374 e. The van der Waals surface area contributed by atoms with E-state index in [4.69, 9.17) is 9.47 Å². The molecule has 1 saturated carbocycles. The van der Waals surface area contributed by atoms with E-state index < -0.39 is 29.2 Å². The van der Waals surface area contributed by atoms with Crippen molar-refractivity contribution in [3.8, 4) is 0 Å². The molecule has 1 aromatic heterocycles. The zero-order valence-electron chi connectivity index (χ0n) is 20.3. The number of halogens is 3. The summed E-state index contributed by atoms with van der Waals surface area (Å²) >= 11 is 0. The average molecular weight is 515 g/mol. The molecule has 0 spiro atoms. The monoisotopic (exact) mass is 514 g/mol. The zero-order valence-corrected chi connectivity index (χ0v) is 20.3. The molecule has 1 saturated heterocycles. The molecule has 2 aromatic carbocycles. The third kappa shape index (κ3) is 5.57. The van der Waals surface area contributed by atoms with Crippen LogP contribution in [-0.2, 0) is 22.1 Å². The van der Waals surface area contributed by atoms with Gasteiger partial charge in [0.15, 0.2) is 6.23 Å². The highest BCUT2D eigenvalue weighted by Gasteiger charge is 2.33. The lowest BCUT2D eigenvalue weighted by molar-refractivity contribution is -0.137. The van der Waals surface area contributed by atoms with Gasteiger partial charge in [-0.1, -0.05) is 48.5 Å². The van der Waals surface area contributed by atoms with Crippen LogP contribution in [0.4, 0.5) is 13.2 Å². The highest BCUT2D eigenvalue weighted by Crippen LogP contribution is 2.41. The maximum atomic E-state index is 13.3. The molecule has 1 aliphatic heterocycles. The summed E-state index contributed by atoms with van der Waals surface area (Å²) in [6, 6.07) is 15.2. The number of hydrogen-bond donors (Lipinski definition) is 1. The number of aromatic amines is 1. The van der Waals surface area contributed by atoms with E-state index in [1.165, 1.54) is 16.2 Å². The van der Waals surface area contributed by atoms with Crippen LogP contribution in [0.2, 0.25) is 0 Å². The van der Waals surface area contributed by atoms with Crippen LogP contribution in [0.3, 0.4) is 0 Å². The third-order valence-corrected chi connectivity index (χ3v) is 7.39. The lowest BCUT2D eigenvalue weighted by atomic mass is 9.76. The van der Waals surface area contributed by atoms with Gasteiger partial charge in [-0.15, -0.1) is 0 Å². The molecular weight excluding hydrogens is 485 g/mol. The van der Waals surface area contributed by atoms with Crippen LogP contribution in [0.25, 0.3) is 0 Å². The Hall–Kier alpha value is -3.17. The van der Waals surface area contributed by atoms with Gasteiger partial charge in [-0.2, -0.15) is 13.2 Å². The van der Waals surface area contributed by atoms with E-state index in [1.54, 1.807) is 6.07 Å². The zero-order chi connectivity index (χ0) is 26.0. The van der Waals surface area contributed by atoms with Gasteiger partial charge in [0, 0.05) is 23.6 Å². The Balaban J connectivity index is 1.54. The number of alkyl halides is 3. The minimum atomic E-state index is -4.49. The molecule has 0 amide bonds. The van der Waals surface area contributed by atoms with Gasteiger partial charge in [0.05, 0.1) is 25.4 Å². The minimum absolute atomic E-state index is 0.0267. The summed E-state index contributed by atoms with van der Waals surface area (Å²) in [5.41, 5.74) is 0.528. The van der Waals surface area contributed by atoms with Crippen molar-refractivity contribution in [2.75, 3.05) is 19.8 Å². The maximum Gasteiger partial charge on any atom is 0.416 e. The Morgan fingerprint density at radius 3 is 2.32 bits per heavy atom. The van der Waals surface area contributed by atoms with Crippen molar-refractivity contribution in [1.82, 2.24) is 9.55 Å². The summed E-state index contributed by atoms with van der Waals surface area (Å²) in [6.07, 6.45) is -1.99. The molecule has 6 nitrogen and oxygen atoms in total. The van der Waals surface area contributed by atoms with Crippen molar-refractivity contribution in [3.05, 3.63) is 103 Å². The second-order valence-electron chi connectivity index (χ2n) is 9.73. The van der Waals surface area contributed by atoms with Gasteiger partial charge >= 0.3 is 11.9 Å². The molecule has 2 heterocycles. The Bertz CT molecular complexity index is 1340. The van der Waals surface area contributed by atoms with Crippen molar-refractivity contribution in [2.24, 2.45) is 0 Å². The Labute approximate surface area is 212 Å². The quantitative estimate of drug-likeness (QED) is 0.512. The molecule has 3 aromatic rings. The van der Waals surface area contributed by atoms with Crippen molar-refractivity contribution >= 4 is 0 Å². The third-order valence-electron chi connectivity index (χ3n) is 7.39. The lowest BCUT2D eigenvalue weighted by Crippen LogP contribution is -2.42. The molecule has 0 bridgehead atoms. The van der Waals surface area contributed by atoms with E-state index in [-0.39, 0.29) is 18.9 Å². The average Bonchev–Trinajstić information content (AvgIpc) is 2.91. The molecule has 1 aliphatic carbocycles. The number of aromatic nitrogens is 2. The maximum absolute atomic E-state index is 13.3. The number of nitrogens with zero attached hydrogens (tertiary/aromatic N) is 1. The number of ether oxygens (including phenoxy) is 2. The fraction of sp³-hybridized carbons (Fsp3) is 0.429. The SMILES string of the molecule is O=c1[nH]c(=O)n(C2COCCO2)c(C2CCC(c3ccccc3)CC2)c1Cc1cccc(C(F)(F)F)c1. The van der Waals surface area contributed by atoms with E-state index >= 15 is 0 Å². The predicted octanol–water partition coefficient (Wildman–Crippen LogP) is 5.13. The van der Waals surface area contributed by atoms with Crippen molar-refractivity contribution < 1.29 is 22.6 Å². The van der Waals surface area contributed by atoms with Crippen LogP contribution >= 0.6 is 0 Å². The van der Waals surface area contributed by atoms with Crippen LogP contribution < -0.4 is 11.2 Å². The van der Waals surface area contributed by atoms with Crippen molar-refractivity contribution in [3.63, 3.8) is 0 Å². The van der Waals surface area contributed by atoms with Crippen LogP contribution in [0.1, 0.15) is 71.7 Å². The molecule has 37 heavy (non-hydrogen) atoms. The van der Waals surface area contributed by atoms with Gasteiger partial charge in [-0.3, -0.25) is 14.3 Å². The summed E-state index contributed by atoms with van der Waals surface area (Å²) in [4.78, 5) is 28.6. The first-order valence-corrected chi connectivity index (χ1v) is 12.6. The van der Waals surface area contributed by atoms with Crippen molar-refractivity contribution in [2.45, 2.75) is 56.3 Å². The standard InChI is InChI=1S/C28H29F3N2O4/c29-28(30,31)22-8-4-5-18(15-22)16-23-25(21-11-9-20(10-12-21)19-6-2-1-3-7-19)33(27(35)32-26(23)34)24-17-36-13-14-37-24/h1-8,15,20-21,24H,9-14,16-17H2,(H,32,34,35). The number of nitrogens with one attached hydrogen (secondary N) is 1. The highest BCUT2D eigenvalue weighted by molar-refractivity contribution is 5.34. The molecule has 1 atom stereocenters. The van der Waals surface area contributed by atoms with E-state index in [1.807, 2.05) is 18.2 Å². The molecule has 2 aliphatic rings. The lowest BCUT2D eigenvalue weighted by Gasteiger charge is -2.34. The molecule has 2 fully saturated rings. The molecule has 0 radical (unpaired) electrons. The van der Waals surface area contributed by atoms with Gasteiger partial charge in [-0.25, -0.2) is 4.79 Å². The molecular formula is C28H29F3N2O4. The van der Waals surface area contributed by atoms with Crippen LogP contribution in [-0.4, -0.2) is 29.4 Å². The van der Waals surface area contributed by atoms with Gasteiger partial charge < -0.3 is 9.47 Å². The van der Waals surface area contributed by atoms with Gasteiger partial charge in [0.1, 0.15) is 0 Å². The Morgan fingerprint density at radius 1 is 0.919 bits per heavy atom. The van der Waals surface area contributed by atoms with Crippen LogP contribution in [0.15, 0.2) is 64.2 Å². The van der Waals surface area contributed by atoms with E-state index in [0.29, 0.717) is 36.0 Å². The Morgan fingerprint density at radius 2 is 1.65 bits per heavy atom. The van der Waals surface area contributed by atoms with E-state index in [2.05, 4.69) is 17.1 Å². The molecule has 196 valence electrons. The summed E-state index contributed by atoms with van der Waals surface area (Å²) in [5.74, 6) is 0.266. The molecule has 1 unspecified atom stereocenters. The summed E-state index contributed by atoms with van der Waals surface area (Å²) in [6.45, 7) is 0.865. The van der Waals surface area contributed by atoms with Gasteiger partial charge in [0.2, 0.25) is 0 Å². The summed E-state index contributed by atoms with van der Waals surface area (Å²) in [5, 5.41) is 0. The van der Waals surface area contributed by atoms with E-state index in [9.17, 15) is 22.8 Å². The van der Waals surface area contributed by atoms with Gasteiger partial charge in [-0.05, 0) is 48.8 Å². The number of H-pyrrole nitrogens is 1. The Kier molecular flexibility index (Phi) is 7.35. The predicted molar refractivity (Wildman–Crippen MR) is 132 cm³/mol. The minimum Gasteiger partial charge on any atom is -0.374 e. The summed E-state index contributed by atoms with van der Waals surface area (Å²) in [7, 11) is 0.